The van der Waals surface area contributed by atoms with Crippen LogP contribution in [0.1, 0.15) is 55.1 Å². The maximum Gasteiger partial charge on any atom is 0.434 e. The van der Waals surface area contributed by atoms with Crippen LogP contribution in [0.4, 0.5) is 0 Å². The number of rotatable bonds is 4. The minimum absolute atomic E-state index is 0.233. The molecule has 0 bridgehead atoms. The Balaban J connectivity index is 1.33. The number of aromatic nitrogens is 3. The highest BCUT2D eigenvalue weighted by Crippen LogP contribution is 2.39. The van der Waals surface area contributed by atoms with Crippen molar-refractivity contribution in [2.24, 2.45) is 0 Å². The fraction of sp³-hybridized carbons (Fsp3) is 0.643. The number of likely N-dealkylation sites (tertiary alicyclic amines) is 1. The third-order valence-corrected chi connectivity index (χ3v) is 4.27. The molecule has 1 N–H and O–H groups in total. The van der Waals surface area contributed by atoms with Gasteiger partial charge in [0, 0.05) is 11.8 Å². The molecule has 0 atom stereocenters. The highest BCUT2D eigenvalue weighted by Gasteiger charge is 2.29. The lowest BCUT2D eigenvalue weighted by Crippen LogP contribution is -2.32. The van der Waals surface area contributed by atoms with Crippen molar-refractivity contribution in [1.82, 2.24) is 20.1 Å². The molecule has 7 heteroatoms. The highest BCUT2D eigenvalue weighted by atomic mass is 16.4. The van der Waals surface area contributed by atoms with Crippen molar-refractivity contribution in [3.8, 4) is 0 Å². The molecule has 2 aromatic rings. The molecule has 0 radical (unpaired) electrons. The van der Waals surface area contributed by atoms with E-state index in [1.165, 1.54) is 12.8 Å². The Hall–Kier alpha value is -1.89. The second-order valence-electron chi connectivity index (χ2n) is 5.94. The standard InChI is InChI=1S/C14H18N4O3/c19-14-17-16-13(21-14)10-3-5-18(6-4-10)8-11-7-15-12(20-11)9-1-2-9/h7,9-10H,1-6,8H2,(H,17,19). The molecule has 3 heterocycles. The van der Waals surface area contributed by atoms with Crippen LogP contribution in [-0.4, -0.2) is 33.2 Å². The molecule has 0 amide bonds. The molecule has 21 heavy (non-hydrogen) atoms. The molecule has 0 aromatic carbocycles. The molecule has 4 rings (SSSR count). The van der Waals surface area contributed by atoms with E-state index in [2.05, 4.69) is 20.1 Å². The Labute approximate surface area is 121 Å². The summed E-state index contributed by atoms with van der Waals surface area (Å²) in [4.78, 5) is 17.7. The Bertz CT molecular complexity index is 662. The van der Waals surface area contributed by atoms with E-state index in [0.717, 1.165) is 44.1 Å². The van der Waals surface area contributed by atoms with E-state index in [1.807, 2.05) is 6.20 Å². The van der Waals surface area contributed by atoms with E-state index in [4.69, 9.17) is 8.83 Å². The Morgan fingerprint density at radius 1 is 1.14 bits per heavy atom. The van der Waals surface area contributed by atoms with E-state index in [-0.39, 0.29) is 5.92 Å². The molecular formula is C14H18N4O3. The van der Waals surface area contributed by atoms with Crippen molar-refractivity contribution in [3.63, 3.8) is 0 Å². The lowest BCUT2D eigenvalue weighted by molar-refractivity contribution is 0.179. The van der Waals surface area contributed by atoms with Gasteiger partial charge in [0.15, 0.2) is 5.89 Å². The SMILES string of the molecule is O=c1[nH]nc(C2CCN(Cc3cnc(C4CC4)o3)CC2)o1. The Morgan fingerprint density at radius 2 is 1.90 bits per heavy atom. The molecule has 0 spiro atoms. The summed E-state index contributed by atoms with van der Waals surface area (Å²) >= 11 is 0. The summed E-state index contributed by atoms with van der Waals surface area (Å²) in [6, 6.07) is 0. The molecule has 2 fully saturated rings. The lowest BCUT2D eigenvalue weighted by Gasteiger charge is -2.29. The Morgan fingerprint density at radius 3 is 2.57 bits per heavy atom. The number of nitrogens with one attached hydrogen (secondary N) is 1. The summed E-state index contributed by atoms with van der Waals surface area (Å²) < 4.78 is 10.8. The first-order valence-electron chi connectivity index (χ1n) is 7.50. The average Bonchev–Trinajstić information content (AvgIpc) is 3.09. The number of H-pyrrole nitrogens is 1. The minimum atomic E-state index is -0.471. The summed E-state index contributed by atoms with van der Waals surface area (Å²) in [6.45, 7) is 2.69. The number of nitrogens with zero attached hydrogens (tertiary/aromatic N) is 3. The minimum Gasteiger partial charge on any atom is -0.444 e. The summed E-state index contributed by atoms with van der Waals surface area (Å²) in [7, 11) is 0. The fourth-order valence-electron chi connectivity index (χ4n) is 2.89. The highest BCUT2D eigenvalue weighted by molar-refractivity contribution is 5.05. The lowest BCUT2D eigenvalue weighted by atomic mass is 9.97. The number of oxazole rings is 1. The molecular weight excluding hydrogens is 272 g/mol. The molecule has 0 unspecified atom stereocenters. The maximum absolute atomic E-state index is 11.0. The van der Waals surface area contributed by atoms with Gasteiger partial charge >= 0.3 is 5.76 Å². The van der Waals surface area contributed by atoms with Crippen LogP contribution in [0, 0.1) is 0 Å². The van der Waals surface area contributed by atoms with E-state index in [9.17, 15) is 4.79 Å². The number of hydrogen-bond donors (Lipinski definition) is 1. The molecule has 2 aromatic heterocycles. The van der Waals surface area contributed by atoms with Crippen LogP contribution < -0.4 is 5.76 Å². The zero-order valence-electron chi connectivity index (χ0n) is 11.7. The van der Waals surface area contributed by atoms with Crippen molar-refractivity contribution in [2.75, 3.05) is 13.1 Å². The fourth-order valence-corrected chi connectivity index (χ4v) is 2.89. The maximum atomic E-state index is 11.0. The third-order valence-electron chi connectivity index (χ3n) is 4.27. The van der Waals surface area contributed by atoms with Gasteiger partial charge in [0.05, 0.1) is 12.7 Å². The van der Waals surface area contributed by atoms with Gasteiger partial charge in [-0.2, -0.15) is 0 Å². The van der Waals surface area contributed by atoms with Crippen LogP contribution in [0.3, 0.4) is 0 Å². The van der Waals surface area contributed by atoms with Crippen LogP contribution in [0.5, 0.6) is 0 Å². The summed E-state index contributed by atoms with van der Waals surface area (Å²) in [6.07, 6.45) is 6.15. The van der Waals surface area contributed by atoms with E-state index in [0.29, 0.717) is 11.8 Å². The van der Waals surface area contributed by atoms with Gasteiger partial charge in [-0.25, -0.2) is 14.9 Å². The van der Waals surface area contributed by atoms with Gasteiger partial charge in [-0.3, -0.25) is 4.90 Å². The van der Waals surface area contributed by atoms with Crippen LogP contribution in [0.2, 0.25) is 0 Å². The van der Waals surface area contributed by atoms with Crippen LogP contribution in [0.15, 0.2) is 19.8 Å². The first-order valence-corrected chi connectivity index (χ1v) is 7.50. The van der Waals surface area contributed by atoms with Gasteiger partial charge in [-0.05, 0) is 38.8 Å². The molecule has 1 aliphatic carbocycles. The van der Waals surface area contributed by atoms with Gasteiger partial charge in [0.2, 0.25) is 5.89 Å². The largest absolute Gasteiger partial charge is 0.444 e. The summed E-state index contributed by atoms with van der Waals surface area (Å²) in [5, 5.41) is 6.25. The van der Waals surface area contributed by atoms with Crippen molar-refractivity contribution in [1.29, 1.82) is 0 Å². The second kappa shape index (κ2) is 5.14. The Kier molecular flexibility index (Phi) is 3.14. The number of aromatic amines is 1. The van der Waals surface area contributed by atoms with Crippen molar-refractivity contribution in [3.05, 3.63) is 34.3 Å². The summed E-state index contributed by atoms with van der Waals surface area (Å²) in [5.41, 5.74) is 0. The van der Waals surface area contributed by atoms with Gasteiger partial charge in [0.25, 0.3) is 0 Å². The normalized spacial score (nSPS) is 21.0. The first kappa shape index (κ1) is 12.8. The molecule has 112 valence electrons. The molecule has 1 saturated heterocycles. The smallest absolute Gasteiger partial charge is 0.434 e. The van der Waals surface area contributed by atoms with Gasteiger partial charge in [0.1, 0.15) is 5.76 Å². The quantitative estimate of drug-likeness (QED) is 0.920. The third kappa shape index (κ3) is 2.78. The monoisotopic (exact) mass is 290 g/mol. The summed E-state index contributed by atoms with van der Waals surface area (Å²) in [5.74, 6) is 2.71. The molecule has 1 aliphatic heterocycles. The number of piperidine rings is 1. The van der Waals surface area contributed by atoms with Crippen LogP contribution >= 0.6 is 0 Å². The van der Waals surface area contributed by atoms with Crippen molar-refractivity contribution >= 4 is 0 Å². The second-order valence-corrected chi connectivity index (χ2v) is 5.94. The van der Waals surface area contributed by atoms with E-state index >= 15 is 0 Å². The van der Waals surface area contributed by atoms with Crippen molar-refractivity contribution < 1.29 is 8.83 Å². The topological polar surface area (TPSA) is 88.2 Å². The van der Waals surface area contributed by atoms with E-state index < -0.39 is 5.76 Å². The molecule has 7 nitrogen and oxygen atoms in total. The van der Waals surface area contributed by atoms with Crippen LogP contribution in [-0.2, 0) is 6.54 Å². The van der Waals surface area contributed by atoms with Gasteiger partial charge in [-0.15, -0.1) is 5.10 Å². The first-order chi connectivity index (χ1) is 10.3. The predicted molar refractivity (Wildman–Crippen MR) is 72.9 cm³/mol. The molecule has 1 saturated carbocycles. The molecule has 2 aliphatic rings. The van der Waals surface area contributed by atoms with Gasteiger partial charge < -0.3 is 8.83 Å². The predicted octanol–water partition coefficient (Wildman–Crippen LogP) is 1.61. The number of hydrogen-bond acceptors (Lipinski definition) is 6. The zero-order chi connectivity index (χ0) is 14.2. The average molecular weight is 290 g/mol. The van der Waals surface area contributed by atoms with E-state index in [1.54, 1.807) is 0 Å². The zero-order valence-corrected chi connectivity index (χ0v) is 11.7. The van der Waals surface area contributed by atoms with Gasteiger partial charge in [-0.1, -0.05) is 0 Å². The van der Waals surface area contributed by atoms with Crippen LogP contribution in [0.25, 0.3) is 0 Å². The van der Waals surface area contributed by atoms with Crippen molar-refractivity contribution in [2.45, 2.75) is 44.1 Å².